The molecule has 9 heteroatoms. The van der Waals surface area contributed by atoms with E-state index in [1.807, 2.05) is 18.2 Å². The molecule has 236 valence electrons. The van der Waals surface area contributed by atoms with E-state index in [-0.39, 0.29) is 61.3 Å². The van der Waals surface area contributed by atoms with E-state index in [4.69, 9.17) is 0 Å². The first-order valence-corrected chi connectivity index (χ1v) is 16.0. The molecule has 1 aliphatic heterocycles. The van der Waals surface area contributed by atoms with Crippen LogP contribution in [-0.4, -0.2) is 72.2 Å². The second-order valence-corrected chi connectivity index (χ2v) is 11.9. The number of carbonyl (C=O) groups is 4. The van der Waals surface area contributed by atoms with Crippen LogP contribution in [0.1, 0.15) is 50.6 Å². The van der Waals surface area contributed by atoms with Crippen LogP contribution in [0.5, 0.6) is 0 Å². The summed E-state index contributed by atoms with van der Waals surface area (Å²) in [5.74, 6) is -0.972. The maximum absolute atomic E-state index is 13.4. The number of hydrogen-bond donors (Lipinski definition) is 3. The van der Waals surface area contributed by atoms with Crippen LogP contribution in [0.4, 0.5) is 5.69 Å². The molecule has 4 amide bonds. The van der Waals surface area contributed by atoms with Crippen molar-refractivity contribution in [3.8, 4) is 0 Å². The maximum Gasteiger partial charge on any atom is 0.248 e. The molecule has 45 heavy (non-hydrogen) atoms. The third-order valence-electron chi connectivity index (χ3n) is 8.99. The number of nitrogens with one attached hydrogen (secondary N) is 3. The van der Waals surface area contributed by atoms with Gasteiger partial charge in [-0.1, -0.05) is 73.2 Å². The van der Waals surface area contributed by atoms with Crippen LogP contribution in [0.3, 0.4) is 0 Å². The van der Waals surface area contributed by atoms with E-state index in [0.29, 0.717) is 5.69 Å². The number of carbonyl (C=O) groups excluding carboxylic acids is 4. The minimum absolute atomic E-state index is 0.0131. The zero-order chi connectivity index (χ0) is 31.6. The fourth-order valence-corrected chi connectivity index (χ4v) is 6.17. The average molecular weight is 610 g/mol. The van der Waals surface area contributed by atoms with E-state index in [1.165, 1.54) is 22.4 Å². The summed E-state index contributed by atoms with van der Waals surface area (Å²) in [5, 5.41) is 10.6. The van der Waals surface area contributed by atoms with Gasteiger partial charge in [0.2, 0.25) is 23.6 Å². The molecule has 0 spiro atoms. The first kappa shape index (κ1) is 31.9. The molecule has 1 atom stereocenters. The molecule has 3 aromatic rings. The summed E-state index contributed by atoms with van der Waals surface area (Å²) in [6.45, 7) is 3.82. The van der Waals surface area contributed by atoms with Gasteiger partial charge in [-0.05, 0) is 61.1 Å². The van der Waals surface area contributed by atoms with Crippen molar-refractivity contribution in [1.82, 2.24) is 20.4 Å². The summed E-state index contributed by atoms with van der Waals surface area (Å²) >= 11 is 0. The third kappa shape index (κ3) is 8.57. The first-order valence-electron chi connectivity index (χ1n) is 16.0. The molecule has 9 nitrogen and oxygen atoms in total. The smallest absolute Gasteiger partial charge is 0.248 e. The molecule has 1 saturated heterocycles. The third-order valence-corrected chi connectivity index (χ3v) is 8.99. The lowest BCUT2D eigenvalue weighted by Crippen LogP contribution is -2.53. The minimum atomic E-state index is -0.371. The number of hydrogen-bond acceptors (Lipinski definition) is 5. The molecule has 2 fully saturated rings. The molecule has 1 saturated carbocycles. The highest BCUT2D eigenvalue weighted by Crippen LogP contribution is 2.33. The summed E-state index contributed by atoms with van der Waals surface area (Å²) in [5.41, 5.74) is 1.99. The summed E-state index contributed by atoms with van der Waals surface area (Å²) in [7, 11) is 0. The van der Waals surface area contributed by atoms with Crippen LogP contribution in [0.15, 0.2) is 84.9 Å². The molecule has 5 rings (SSSR count). The van der Waals surface area contributed by atoms with E-state index in [1.54, 1.807) is 23.1 Å². The van der Waals surface area contributed by atoms with E-state index in [9.17, 15) is 19.2 Å². The molecular weight excluding hydrogens is 566 g/mol. The molecular formula is C36H43N5O4. The molecule has 0 aromatic heterocycles. The van der Waals surface area contributed by atoms with Crippen molar-refractivity contribution in [2.45, 2.75) is 51.1 Å². The Balaban J connectivity index is 1.09. The number of amides is 4. The van der Waals surface area contributed by atoms with Gasteiger partial charge in [0, 0.05) is 49.4 Å². The Morgan fingerprint density at radius 1 is 0.867 bits per heavy atom. The summed E-state index contributed by atoms with van der Waals surface area (Å²) < 4.78 is 0. The zero-order valence-corrected chi connectivity index (χ0v) is 25.9. The van der Waals surface area contributed by atoms with Gasteiger partial charge < -0.3 is 20.9 Å². The average Bonchev–Trinajstić information content (AvgIpc) is 3.04. The first-order chi connectivity index (χ1) is 21.9. The van der Waals surface area contributed by atoms with Crippen LogP contribution < -0.4 is 16.0 Å². The van der Waals surface area contributed by atoms with E-state index in [2.05, 4.69) is 70.2 Å². The van der Waals surface area contributed by atoms with Gasteiger partial charge >= 0.3 is 0 Å². The van der Waals surface area contributed by atoms with Gasteiger partial charge in [0.05, 0.1) is 13.1 Å². The highest BCUT2D eigenvalue weighted by molar-refractivity contribution is 5.99. The SMILES string of the molecule is C[C@H](c1cccc2ccccc12)N1CCC(N(CC(=O)NCC(=O)NC/C=C/C(=O)Nc2ccccc2)C(=O)C2CCC2)CC1. The molecule has 0 radical (unpaired) electrons. The largest absolute Gasteiger partial charge is 0.351 e. The van der Waals surface area contributed by atoms with E-state index < -0.39 is 0 Å². The number of benzene rings is 3. The summed E-state index contributed by atoms with van der Waals surface area (Å²) in [6, 6.07) is 24.2. The Morgan fingerprint density at radius 3 is 2.31 bits per heavy atom. The van der Waals surface area contributed by atoms with Crippen LogP contribution in [0, 0.1) is 5.92 Å². The van der Waals surface area contributed by atoms with E-state index in [0.717, 1.165) is 45.2 Å². The van der Waals surface area contributed by atoms with Crippen LogP contribution >= 0.6 is 0 Å². The number of para-hydroxylation sites is 1. The Hall–Kier alpha value is -4.50. The maximum atomic E-state index is 13.4. The van der Waals surface area contributed by atoms with Crippen molar-refractivity contribution >= 4 is 40.1 Å². The van der Waals surface area contributed by atoms with Crippen molar-refractivity contribution in [3.05, 3.63) is 90.5 Å². The second kappa shape index (κ2) is 15.5. The molecule has 3 aromatic carbocycles. The number of fused-ring (bicyclic) bond motifs is 1. The number of likely N-dealkylation sites (tertiary alicyclic amines) is 1. The number of anilines is 1. The summed E-state index contributed by atoms with van der Waals surface area (Å²) in [6.07, 6.45) is 7.27. The van der Waals surface area contributed by atoms with Gasteiger partial charge in [0.15, 0.2) is 0 Å². The van der Waals surface area contributed by atoms with Crippen molar-refractivity contribution in [3.63, 3.8) is 0 Å². The van der Waals surface area contributed by atoms with E-state index >= 15 is 0 Å². The second-order valence-electron chi connectivity index (χ2n) is 11.9. The zero-order valence-electron chi connectivity index (χ0n) is 25.9. The van der Waals surface area contributed by atoms with Crippen LogP contribution in [0.25, 0.3) is 10.8 Å². The molecule has 1 heterocycles. The highest BCUT2D eigenvalue weighted by atomic mass is 16.2. The van der Waals surface area contributed by atoms with Crippen molar-refractivity contribution < 1.29 is 19.2 Å². The van der Waals surface area contributed by atoms with Gasteiger partial charge in [-0.2, -0.15) is 0 Å². The molecule has 0 bridgehead atoms. The predicted octanol–water partition coefficient (Wildman–Crippen LogP) is 4.42. The standard InChI is InChI=1S/C36H43N5O4/c1-26(31-17-8-11-27-10-5-6-16-32(27)31)40-22-19-30(20-23-40)41(36(45)28-12-7-13-28)25-35(44)38-24-34(43)37-21-9-18-33(42)39-29-14-3-2-4-15-29/h2-6,8-11,14-18,26,28,30H,7,12-13,19-25H2,1H3,(H,37,43)(H,38,44)(H,39,42)/b18-9+/t26-/m1/s1. The fraction of sp³-hybridized carbons (Fsp3) is 0.389. The summed E-state index contributed by atoms with van der Waals surface area (Å²) in [4.78, 5) is 54.9. The van der Waals surface area contributed by atoms with Crippen molar-refractivity contribution in [2.24, 2.45) is 5.92 Å². The normalized spacial score (nSPS) is 16.6. The predicted molar refractivity (Wildman–Crippen MR) is 176 cm³/mol. The van der Waals surface area contributed by atoms with Crippen LogP contribution in [0.2, 0.25) is 0 Å². The van der Waals surface area contributed by atoms with Crippen LogP contribution in [-0.2, 0) is 19.2 Å². The van der Waals surface area contributed by atoms with Gasteiger partial charge in [0.25, 0.3) is 0 Å². The van der Waals surface area contributed by atoms with Gasteiger partial charge in [0.1, 0.15) is 0 Å². The topological polar surface area (TPSA) is 111 Å². The Bertz CT molecular complexity index is 1510. The number of piperidine rings is 1. The molecule has 3 N–H and O–H groups in total. The fourth-order valence-electron chi connectivity index (χ4n) is 6.17. The lowest BCUT2D eigenvalue weighted by Gasteiger charge is -2.42. The monoisotopic (exact) mass is 609 g/mol. The lowest BCUT2D eigenvalue weighted by atomic mass is 9.83. The Morgan fingerprint density at radius 2 is 1.58 bits per heavy atom. The quantitative estimate of drug-likeness (QED) is 0.264. The molecule has 0 unspecified atom stereocenters. The van der Waals surface area contributed by atoms with Crippen molar-refractivity contribution in [2.75, 3.05) is 38.0 Å². The Labute approximate surface area is 265 Å². The van der Waals surface area contributed by atoms with Gasteiger partial charge in [-0.3, -0.25) is 24.1 Å². The Kier molecular flexibility index (Phi) is 11.0. The number of nitrogens with zero attached hydrogens (tertiary/aromatic N) is 2. The molecule has 1 aliphatic carbocycles. The molecule has 2 aliphatic rings. The van der Waals surface area contributed by atoms with Gasteiger partial charge in [-0.15, -0.1) is 0 Å². The van der Waals surface area contributed by atoms with Gasteiger partial charge in [-0.25, -0.2) is 0 Å². The highest BCUT2D eigenvalue weighted by Gasteiger charge is 2.36. The lowest BCUT2D eigenvalue weighted by molar-refractivity contribution is -0.145. The van der Waals surface area contributed by atoms with Crippen molar-refractivity contribution in [1.29, 1.82) is 0 Å². The number of rotatable bonds is 12. The minimum Gasteiger partial charge on any atom is -0.351 e.